The fraction of sp³-hybridized carbons (Fsp3) is 0.471. The third-order valence-corrected chi connectivity index (χ3v) is 4.97. The van der Waals surface area contributed by atoms with Crippen molar-refractivity contribution < 1.29 is 22.1 Å². The van der Waals surface area contributed by atoms with Gasteiger partial charge >= 0.3 is 5.13 Å². The molecule has 0 bridgehead atoms. The standard InChI is InChI=1S/C17H22N2OS.ClH/c1-2-3-4-5-10-20-13-7-8-14-12(11-13)6-9-15-16(14)19-17(18)21-15;/h7-8,11H,2-6,9-10H2,1H3,(H2,18,19);1H. The molecule has 0 saturated heterocycles. The summed E-state index contributed by atoms with van der Waals surface area (Å²) in [6.45, 7) is 3.05. The zero-order valence-corrected chi connectivity index (χ0v) is 14.5. The van der Waals surface area contributed by atoms with Crippen LogP contribution >= 0.6 is 11.3 Å². The SMILES string of the molecule is CCCCCCOc1ccc2c(c1)CCc1sc(N)[nH+]c1-2.[Cl-]. The number of halogens is 1. The number of nitrogens with one attached hydrogen (secondary N) is 1. The van der Waals surface area contributed by atoms with Crippen LogP contribution in [-0.4, -0.2) is 6.61 Å². The van der Waals surface area contributed by atoms with Gasteiger partial charge in [-0.25, -0.2) is 4.98 Å². The second kappa shape index (κ2) is 7.84. The molecule has 0 atom stereocenters. The van der Waals surface area contributed by atoms with Gasteiger partial charge in [-0.1, -0.05) is 37.5 Å². The second-order valence-electron chi connectivity index (χ2n) is 5.62. The van der Waals surface area contributed by atoms with Crippen LogP contribution in [0.5, 0.6) is 5.75 Å². The topological polar surface area (TPSA) is 49.4 Å². The van der Waals surface area contributed by atoms with E-state index in [2.05, 4.69) is 30.1 Å². The molecular weight excluding hydrogens is 316 g/mol. The number of aromatic nitrogens is 1. The van der Waals surface area contributed by atoms with Gasteiger partial charge in [0.05, 0.1) is 11.5 Å². The maximum atomic E-state index is 5.89. The highest BCUT2D eigenvalue weighted by molar-refractivity contribution is 7.15. The number of fused-ring (bicyclic) bond motifs is 3. The normalized spacial score (nSPS) is 12.2. The van der Waals surface area contributed by atoms with Gasteiger partial charge < -0.3 is 17.1 Å². The van der Waals surface area contributed by atoms with Gasteiger partial charge in [0.15, 0.2) is 0 Å². The van der Waals surface area contributed by atoms with Crippen molar-refractivity contribution in [2.24, 2.45) is 0 Å². The Hall–Kier alpha value is -1.26. The van der Waals surface area contributed by atoms with Gasteiger partial charge in [-0.05, 0) is 43.0 Å². The molecule has 0 spiro atoms. The third-order valence-electron chi connectivity index (χ3n) is 3.99. The smallest absolute Gasteiger partial charge is 0.330 e. The second-order valence-corrected chi connectivity index (χ2v) is 6.75. The average molecular weight is 339 g/mol. The molecule has 1 aromatic heterocycles. The number of thiazole rings is 1. The van der Waals surface area contributed by atoms with Crippen molar-refractivity contribution >= 4 is 16.5 Å². The van der Waals surface area contributed by atoms with Gasteiger partial charge in [0.1, 0.15) is 11.4 Å². The van der Waals surface area contributed by atoms with E-state index in [0.717, 1.165) is 36.8 Å². The first-order valence-electron chi connectivity index (χ1n) is 7.84. The molecule has 1 heterocycles. The quantitative estimate of drug-likeness (QED) is 0.795. The fourth-order valence-corrected chi connectivity index (χ4v) is 3.76. The number of hydrogen-bond donors (Lipinski definition) is 1. The number of ether oxygens (including phenoxy) is 1. The maximum Gasteiger partial charge on any atom is 0.330 e. The monoisotopic (exact) mass is 338 g/mol. The van der Waals surface area contributed by atoms with E-state index in [1.165, 1.54) is 41.0 Å². The van der Waals surface area contributed by atoms with E-state index in [0.29, 0.717) is 0 Å². The van der Waals surface area contributed by atoms with Crippen LogP contribution in [0.2, 0.25) is 0 Å². The summed E-state index contributed by atoms with van der Waals surface area (Å²) in [6, 6.07) is 6.44. The van der Waals surface area contributed by atoms with E-state index in [9.17, 15) is 0 Å². The number of benzene rings is 1. The summed E-state index contributed by atoms with van der Waals surface area (Å²) in [5, 5.41) is 0.795. The zero-order chi connectivity index (χ0) is 14.7. The minimum atomic E-state index is 0. The van der Waals surface area contributed by atoms with Crippen molar-refractivity contribution in [3.63, 3.8) is 0 Å². The third kappa shape index (κ3) is 3.73. The first-order valence-corrected chi connectivity index (χ1v) is 8.66. The zero-order valence-electron chi connectivity index (χ0n) is 13.0. The Morgan fingerprint density at radius 2 is 2.09 bits per heavy atom. The Labute approximate surface area is 142 Å². The molecule has 120 valence electrons. The predicted molar refractivity (Wildman–Crippen MR) is 87.8 cm³/mol. The van der Waals surface area contributed by atoms with Crippen molar-refractivity contribution in [1.29, 1.82) is 0 Å². The number of aryl methyl sites for hydroxylation is 2. The summed E-state index contributed by atoms with van der Waals surface area (Å²) in [6.07, 6.45) is 7.11. The summed E-state index contributed by atoms with van der Waals surface area (Å²) in [7, 11) is 0. The lowest BCUT2D eigenvalue weighted by Gasteiger charge is -2.15. The predicted octanol–water partition coefficient (Wildman–Crippen LogP) is 0.873. The van der Waals surface area contributed by atoms with Crippen LogP contribution in [0.25, 0.3) is 11.3 Å². The fourth-order valence-electron chi connectivity index (χ4n) is 2.87. The van der Waals surface area contributed by atoms with Gasteiger partial charge in [0.25, 0.3) is 0 Å². The highest BCUT2D eigenvalue weighted by Crippen LogP contribution is 2.36. The van der Waals surface area contributed by atoms with Gasteiger partial charge in [-0.3, -0.25) is 5.73 Å². The van der Waals surface area contributed by atoms with Gasteiger partial charge in [-0.2, -0.15) is 0 Å². The number of nitrogen functional groups attached to an aromatic ring is 1. The molecule has 3 rings (SSSR count). The number of aromatic amines is 1. The Balaban J connectivity index is 0.00000176. The summed E-state index contributed by atoms with van der Waals surface area (Å²) >= 11 is 1.67. The molecule has 1 aromatic carbocycles. The van der Waals surface area contributed by atoms with Gasteiger partial charge in [0, 0.05) is 5.56 Å². The molecule has 0 amide bonds. The number of unbranched alkanes of at least 4 members (excludes halogenated alkanes) is 3. The number of anilines is 1. The van der Waals surface area contributed by atoms with E-state index in [1.54, 1.807) is 11.3 Å². The van der Waals surface area contributed by atoms with Crippen LogP contribution in [0.15, 0.2) is 18.2 Å². The van der Waals surface area contributed by atoms with Crippen molar-refractivity contribution in [3.05, 3.63) is 28.6 Å². The van der Waals surface area contributed by atoms with Gasteiger partial charge in [-0.15, -0.1) is 0 Å². The minimum Gasteiger partial charge on any atom is -1.00 e. The molecular formula is C17H23ClN2OS. The number of nitrogens with two attached hydrogens (primary N) is 1. The first-order chi connectivity index (χ1) is 10.3. The average Bonchev–Trinajstić information content (AvgIpc) is 2.87. The van der Waals surface area contributed by atoms with Crippen LogP contribution in [0.1, 0.15) is 43.0 Å². The highest BCUT2D eigenvalue weighted by atomic mass is 35.5. The van der Waals surface area contributed by atoms with Crippen molar-refractivity contribution in [1.82, 2.24) is 0 Å². The molecule has 3 nitrogen and oxygen atoms in total. The lowest BCUT2D eigenvalue weighted by atomic mass is 9.93. The van der Waals surface area contributed by atoms with Crippen molar-refractivity contribution in [2.75, 3.05) is 12.3 Å². The summed E-state index contributed by atoms with van der Waals surface area (Å²) in [4.78, 5) is 4.66. The van der Waals surface area contributed by atoms with E-state index >= 15 is 0 Å². The molecule has 0 aliphatic heterocycles. The van der Waals surface area contributed by atoms with Crippen LogP contribution in [0, 0.1) is 0 Å². The van der Waals surface area contributed by atoms with Crippen molar-refractivity contribution in [3.8, 4) is 17.0 Å². The number of rotatable bonds is 6. The van der Waals surface area contributed by atoms with E-state index < -0.39 is 0 Å². The Morgan fingerprint density at radius 1 is 1.23 bits per heavy atom. The highest BCUT2D eigenvalue weighted by Gasteiger charge is 2.23. The molecule has 5 heteroatoms. The van der Waals surface area contributed by atoms with Crippen LogP contribution in [-0.2, 0) is 12.8 Å². The molecule has 0 saturated carbocycles. The molecule has 22 heavy (non-hydrogen) atoms. The molecule has 3 N–H and O–H groups in total. The Bertz CT molecular complexity index is 627. The maximum absolute atomic E-state index is 5.89. The molecule has 1 aliphatic rings. The van der Waals surface area contributed by atoms with Crippen LogP contribution in [0.3, 0.4) is 0 Å². The molecule has 2 aromatic rings. The van der Waals surface area contributed by atoms with E-state index in [1.807, 2.05) is 0 Å². The lowest BCUT2D eigenvalue weighted by Crippen LogP contribution is -3.00. The van der Waals surface area contributed by atoms with Crippen molar-refractivity contribution in [2.45, 2.75) is 45.4 Å². The van der Waals surface area contributed by atoms with E-state index in [-0.39, 0.29) is 12.4 Å². The van der Waals surface area contributed by atoms with E-state index in [4.69, 9.17) is 10.5 Å². The Kier molecular flexibility index (Phi) is 6.09. The summed E-state index contributed by atoms with van der Waals surface area (Å²) in [5.41, 5.74) is 9.74. The summed E-state index contributed by atoms with van der Waals surface area (Å²) < 4.78 is 5.88. The molecule has 0 fully saturated rings. The molecule has 0 radical (unpaired) electrons. The van der Waals surface area contributed by atoms with Crippen LogP contribution < -0.4 is 27.9 Å². The van der Waals surface area contributed by atoms with Gasteiger partial charge in [0.2, 0.25) is 0 Å². The largest absolute Gasteiger partial charge is 1.00 e. The van der Waals surface area contributed by atoms with Crippen LogP contribution in [0.4, 0.5) is 5.13 Å². The molecule has 0 unspecified atom stereocenters. The number of H-pyrrole nitrogens is 1. The summed E-state index contributed by atoms with van der Waals surface area (Å²) in [5.74, 6) is 0.997. The number of hydrogen-bond acceptors (Lipinski definition) is 3. The molecule has 1 aliphatic carbocycles. The Morgan fingerprint density at radius 3 is 2.91 bits per heavy atom. The first kappa shape index (κ1) is 17.1. The minimum absolute atomic E-state index is 0. The lowest BCUT2D eigenvalue weighted by molar-refractivity contribution is -0.341.